The Hall–Kier alpha value is -1.07. The Bertz CT molecular complexity index is 425. The fourth-order valence-corrected chi connectivity index (χ4v) is 2.47. The molecule has 1 atom stereocenters. The molecule has 92 valence electrons. The molecule has 0 saturated carbocycles. The molecule has 3 heterocycles. The van der Waals surface area contributed by atoms with Gasteiger partial charge in [0.15, 0.2) is 0 Å². The van der Waals surface area contributed by atoms with Crippen molar-refractivity contribution in [2.24, 2.45) is 0 Å². The molecule has 0 aliphatic carbocycles. The highest BCUT2D eigenvalue weighted by atomic mass is 19.3. The molecule has 0 amide bonds. The van der Waals surface area contributed by atoms with Crippen LogP contribution in [-0.4, -0.2) is 35.2 Å². The lowest BCUT2D eigenvalue weighted by atomic mass is 10.0. The number of rotatable bonds is 1. The van der Waals surface area contributed by atoms with E-state index < -0.39 is 18.8 Å². The summed E-state index contributed by atoms with van der Waals surface area (Å²) in [6.07, 6.45) is 3.83. The first-order chi connectivity index (χ1) is 8.14. The molecular weight excluding hydrogens is 226 g/mol. The first kappa shape index (κ1) is 11.0. The average molecular weight is 240 g/mol. The van der Waals surface area contributed by atoms with Crippen LogP contribution >= 0.6 is 0 Å². The zero-order valence-corrected chi connectivity index (χ0v) is 9.40. The van der Waals surface area contributed by atoms with Crippen LogP contribution in [0.15, 0.2) is 18.5 Å². The summed E-state index contributed by atoms with van der Waals surface area (Å²) in [5, 5.41) is 0. The van der Waals surface area contributed by atoms with E-state index in [9.17, 15) is 8.78 Å². The minimum absolute atomic E-state index is 0.187. The molecule has 0 radical (unpaired) electrons. The molecule has 1 aromatic heterocycles. The molecule has 0 N–H and O–H groups in total. The Morgan fingerprint density at radius 2 is 2.29 bits per heavy atom. The van der Waals surface area contributed by atoms with Crippen LogP contribution in [-0.2, 0) is 17.7 Å². The van der Waals surface area contributed by atoms with E-state index in [0.29, 0.717) is 6.54 Å². The molecule has 3 rings (SSSR count). The molecule has 3 nitrogen and oxygen atoms in total. The number of aromatic nitrogens is 1. The van der Waals surface area contributed by atoms with Crippen molar-refractivity contribution in [3.63, 3.8) is 0 Å². The molecule has 17 heavy (non-hydrogen) atoms. The Labute approximate surface area is 98.4 Å². The highest BCUT2D eigenvalue weighted by Crippen LogP contribution is 2.33. The van der Waals surface area contributed by atoms with Gasteiger partial charge >= 0.3 is 0 Å². The van der Waals surface area contributed by atoms with Crippen molar-refractivity contribution in [3.8, 4) is 0 Å². The third-order valence-corrected chi connectivity index (χ3v) is 3.41. The normalized spacial score (nSPS) is 28.0. The zero-order chi connectivity index (χ0) is 11.9. The fraction of sp³-hybridized carbons (Fsp3) is 0.583. The van der Waals surface area contributed by atoms with E-state index >= 15 is 0 Å². The van der Waals surface area contributed by atoms with Gasteiger partial charge in [0.05, 0.1) is 6.42 Å². The fourth-order valence-electron chi connectivity index (χ4n) is 2.47. The van der Waals surface area contributed by atoms with E-state index in [4.69, 9.17) is 4.74 Å². The summed E-state index contributed by atoms with van der Waals surface area (Å²) in [5.74, 6) is -2.66. The molecule has 0 spiro atoms. The highest BCUT2D eigenvalue weighted by Gasteiger charge is 2.43. The predicted molar refractivity (Wildman–Crippen MR) is 57.7 cm³/mol. The van der Waals surface area contributed by atoms with Crippen LogP contribution in [0.25, 0.3) is 0 Å². The van der Waals surface area contributed by atoms with Gasteiger partial charge in [-0.15, -0.1) is 0 Å². The minimum Gasteiger partial charge on any atom is -0.357 e. The lowest BCUT2D eigenvalue weighted by Crippen LogP contribution is -2.39. The second kappa shape index (κ2) is 3.99. The number of halogens is 2. The number of pyridine rings is 1. The number of nitrogens with zero attached hydrogens (tertiary/aromatic N) is 2. The Morgan fingerprint density at radius 3 is 3.06 bits per heavy atom. The van der Waals surface area contributed by atoms with Gasteiger partial charge in [0, 0.05) is 25.5 Å². The summed E-state index contributed by atoms with van der Waals surface area (Å²) >= 11 is 0. The summed E-state index contributed by atoms with van der Waals surface area (Å²) in [6, 6.07) is 1.95. The smallest absolute Gasteiger partial charge is 0.274 e. The van der Waals surface area contributed by atoms with Crippen molar-refractivity contribution >= 4 is 0 Å². The van der Waals surface area contributed by atoms with Crippen molar-refractivity contribution in [1.82, 2.24) is 9.88 Å². The van der Waals surface area contributed by atoms with Gasteiger partial charge in [0.1, 0.15) is 12.8 Å². The SMILES string of the molecule is FC1(F)COC(N2CCc3cnccc3C2)C1. The summed E-state index contributed by atoms with van der Waals surface area (Å²) in [7, 11) is 0. The third-order valence-electron chi connectivity index (χ3n) is 3.41. The van der Waals surface area contributed by atoms with Crippen LogP contribution in [0.3, 0.4) is 0 Å². The van der Waals surface area contributed by atoms with Gasteiger partial charge in [-0.1, -0.05) is 0 Å². The molecule has 1 unspecified atom stereocenters. The molecule has 2 aliphatic heterocycles. The van der Waals surface area contributed by atoms with Crippen LogP contribution in [0.2, 0.25) is 0 Å². The molecule has 2 aliphatic rings. The van der Waals surface area contributed by atoms with Crippen molar-refractivity contribution in [2.45, 2.75) is 31.5 Å². The first-order valence-corrected chi connectivity index (χ1v) is 5.79. The molecule has 0 aromatic carbocycles. The summed E-state index contributed by atoms with van der Waals surface area (Å²) < 4.78 is 31.4. The highest BCUT2D eigenvalue weighted by molar-refractivity contribution is 5.25. The quantitative estimate of drug-likeness (QED) is 0.748. The number of fused-ring (bicyclic) bond motifs is 1. The van der Waals surface area contributed by atoms with Gasteiger partial charge in [0.25, 0.3) is 5.92 Å². The topological polar surface area (TPSA) is 25.4 Å². The van der Waals surface area contributed by atoms with Crippen LogP contribution in [0, 0.1) is 0 Å². The Kier molecular flexibility index (Phi) is 2.60. The summed E-state index contributed by atoms with van der Waals surface area (Å²) in [4.78, 5) is 6.06. The van der Waals surface area contributed by atoms with Gasteiger partial charge in [-0.2, -0.15) is 0 Å². The van der Waals surface area contributed by atoms with E-state index in [0.717, 1.165) is 13.0 Å². The van der Waals surface area contributed by atoms with E-state index in [2.05, 4.69) is 4.98 Å². The van der Waals surface area contributed by atoms with Gasteiger partial charge < -0.3 is 4.74 Å². The van der Waals surface area contributed by atoms with E-state index in [1.807, 2.05) is 17.2 Å². The van der Waals surface area contributed by atoms with Crippen LogP contribution in [0.4, 0.5) is 8.78 Å². The second-order valence-corrected chi connectivity index (χ2v) is 4.69. The predicted octanol–water partition coefficient (Wildman–Crippen LogP) is 1.82. The van der Waals surface area contributed by atoms with Crippen molar-refractivity contribution in [1.29, 1.82) is 0 Å². The molecule has 0 bridgehead atoms. The van der Waals surface area contributed by atoms with Crippen LogP contribution in [0.1, 0.15) is 17.5 Å². The maximum absolute atomic E-state index is 13.1. The maximum atomic E-state index is 13.1. The lowest BCUT2D eigenvalue weighted by molar-refractivity contribution is -0.0379. The standard InChI is InChI=1S/C12H14F2N2O/c13-12(14)5-11(17-8-12)16-4-2-9-6-15-3-1-10(9)7-16/h1,3,6,11H,2,4-5,7-8H2. The van der Waals surface area contributed by atoms with Gasteiger partial charge in [-0.05, 0) is 23.6 Å². The first-order valence-electron chi connectivity index (χ1n) is 5.79. The van der Waals surface area contributed by atoms with Crippen molar-refractivity contribution in [2.75, 3.05) is 13.2 Å². The summed E-state index contributed by atoms with van der Waals surface area (Å²) in [5.41, 5.74) is 2.39. The zero-order valence-electron chi connectivity index (χ0n) is 9.40. The van der Waals surface area contributed by atoms with Gasteiger partial charge in [0.2, 0.25) is 0 Å². The Balaban J connectivity index is 1.72. The number of ether oxygens (including phenoxy) is 1. The third kappa shape index (κ3) is 2.17. The number of hydrogen-bond acceptors (Lipinski definition) is 3. The van der Waals surface area contributed by atoms with Crippen LogP contribution in [0.5, 0.6) is 0 Å². The lowest BCUT2D eigenvalue weighted by Gasteiger charge is -2.32. The molecule has 1 saturated heterocycles. The van der Waals surface area contributed by atoms with Gasteiger partial charge in [-0.3, -0.25) is 9.88 Å². The monoisotopic (exact) mass is 240 g/mol. The van der Waals surface area contributed by atoms with E-state index in [1.165, 1.54) is 11.1 Å². The molecule has 1 aromatic rings. The van der Waals surface area contributed by atoms with E-state index in [-0.39, 0.29) is 6.42 Å². The average Bonchev–Trinajstić information content (AvgIpc) is 2.69. The molecule has 1 fully saturated rings. The molecule has 5 heteroatoms. The van der Waals surface area contributed by atoms with Crippen molar-refractivity contribution in [3.05, 3.63) is 29.6 Å². The Morgan fingerprint density at radius 1 is 1.41 bits per heavy atom. The molecular formula is C12H14F2N2O. The second-order valence-electron chi connectivity index (χ2n) is 4.69. The number of alkyl halides is 2. The van der Waals surface area contributed by atoms with E-state index in [1.54, 1.807) is 6.20 Å². The van der Waals surface area contributed by atoms with Crippen molar-refractivity contribution < 1.29 is 13.5 Å². The minimum atomic E-state index is -2.66. The maximum Gasteiger partial charge on any atom is 0.274 e. The summed E-state index contributed by atoms with van der Waals surface area (Å²) in [6.45, 7) is 0.995. The van der Waals surface area contributed by atoms with Gasteiger partial charge in [-0.25, -0.2) is 8.78 Å². The number of hydrogen-bond donors (Lipinski definition) is 0. The largest absolute Gasteiger partial charge is 0.357 e. The van der Waals surface area contributed by atoms with Crippen LogP contribution < -0.4 is 0 Å².